The van der Waals surface area contributed by atoms with Crippen LogP contribution in [0.5, 0.6) is 17.2 Å². The molecule has 0 bridgehead atoms. The van der Waals surface area contributed by atoms with Crippen molar-refractivity contribution in [3.63, 3.8) is 0 Å². The van der Waals surface area contributed by atoms with Crippen LogP contribution in [-0.4, -0.2) is 19.2 Å². The molecule has 3 rings (SSSR count). The first kappa shape index (κ1) is 28.8. The third kappa shape index (κ3) is 11.0. The van der Waals surface area contributed by atoms with Gasteiger partial charge < -0.3 is 14.2 Å². The molecule has 0 aliphatic heterocycles. The molecule has 2 aromatic carbocycles. The molecule has 0 atom stereocenters. The predicted octanol–water partition coefficient (Wildman–Crippen LogP) is 9.19. The number of allylic oxidation sites excluding steroid dienone is 1. The highest BCUT2D eigenvalue weighted by atomic mass is 16.5. The van der Waals surface area contributed by atoms with E-state index in [0.717, 1.165) is 36.9 Å². The van der Waals surface area contributed by atoms with Gasteiger partial charge in [-0.05, 0) is 92.5 Å². The van der Waals surface area contributed by atoms with E-state index in [9.17, 15) is 4.79 Å². The van der Waals surface area contributed by atoms with E-state index < -0.39 is 0 Å². The summed E-state index contributed by atoms with van der Waals surface area (Å²) in [7, 11) is 0. The fourth-order valence-electron chi connectivity index (χ4n) is 4.98. The maximum Gasteiger partial charge on any atom is 0.343 e. The first-order valence-electron chi connectivity index (χ1n) is 14.5. The summed E-state index contributed by atoms with van der Waals surface area (Å²) >= 11 is 0. The SMILES string of the molecule is C=CCCCC1CCC(COc2ccc(OC(=O)c3ccc(OCCCCCCCC)cc3)cc2)CC1. The number of ether oxygens (including phenoxy) is 3. The van der Waals surface area contributed by atoms with Gasteiger partial charge in [0.15, 0.2) is 0 Å². The van der Waals surface area contributed by atoms with Gasteiger partial charge in [-0.15, -0.1) is 6.58 Å². The van der Waals surface area contributed by atoms with Gasteiger partial charge in [0.05, 0.1) is 18.8 Å². The van der Waals surface area contributed by atoms with Gasteiger partial charge in [0.1, 0.15) is 17.2 Å². The van der Waals surface area contributed by atoms with Crippen LogP contribution in [0.2, 0.25) is 0 Å². The molecule has 202 valence electrons. The first-order chi connectivity index (χ1) is 18.2. The summed E-state index contributed by atoms with van der Waals surface area (Å²) in [4.78, 5) is 12.5. The Hall–Kier alpha value is -2.75. The summed E-state index contributed by atoms with van der Waals surface area (Å²) in [5, 5.41) is 0. The molecule has 2 aromatic rings. The van der Waals surface area contributed by atoms with E-state index in [1.54, 1.807) is 24.3 Å². The van der Waals surface area contributed by atoms with E-state index in [4.69, 9.17) is 14.2 Å². The zero-order valence-electron chi connectivity index (χ0n) is 22.8. The Morgan fingerprint density at radius 2 is 1.38 bits per heavy atom. The zero-order chi connectivity index (χ0) is 26.1. The minimum absolute atomic E-state index is 0.374. The minimum atomic E-state index is -0.374. The summed E-state index contributed by atoms with van der Waals surface area (Å²) in [5.74, 6) is 3.25. The highest BCUT2D eigenvalue weighted by Crippen LogP contribution is 2.32. The molecule has 1 aliphatic rings. The monoisotopic (exact) mass is 506 g/mol. The number of carbonyl (C=O) groups is 1. The quantitative estimate of drug-likeness (QED) is 0.0928. The Balaban J connectivity index is 1.33. The maximum atomic E-state index is 12.5. The van der Waals surface area contributed by atoms with Crippen molar-refractivity contribution in [2.45, 2.75) is 90.4 Å². The summed E-state index contributed by atoms with van der Waals surface area (Å²) in [6.07, 6.45) is 18.3. The Morgan fingerprint density at radius 1 is 0.784 bits per heavy atom. The van der Waals surface area contributed by atoms with Crippen molar-refractivity contribution in [1.82, 2.24) is 0 Å². The fraction of sp³-hybridized carbons (Fsp3) is 0.545. The summed E-state index contributed by atoms with van der Waals surface area (Å²) < 4.78 is 17.4. The molecule has 4 nitrogen and oxygen atoms in total. The zero-order valence-corrected chi connectivity index (χ0v) is 22.8. The molecule has 0 radical (unpaired) electrons. The third-order valence-electron chi connectivity index (χ3n) is 7.36. The van der Waals surface area contributed by atoms with Crippen LogP contribution in [0.4, 0.5) is 0 Å². The van der Waals surface area contributed by atoms with E-state index in [2.05, 4.69) is 13.5 Å². The average molecular weight is 507 g/mol. The predicted molar refractivity (Wildman–Crippen MR) is 152 cm³/mol. The largest absolute Gasteiger partial charge is 0.494 e. The summed E-state index contributed by atoms with van der Waals surface area (Å²) in [5.41, 5.74) is 0.507. The van der Waals surface area contributed by atoms with Crippen molar-refractivity contribution in [1.29, 1.82) is 0 Å². The van der Waals surface area contributed by atoms with Crippen LogP contribution in [0.15, 0.2) is 61.2 Å². The van der Waals surface area contributed by atoms with Gasteiger partial charge in [-0.3, -0.25) is 0 Å². The number of rotatable bonds is 17. The molecule has 1 aliphatic carbocycles. The number of unbranched alkanes of at least 4 members (excludes halogenated alkanes) is 6. The molecule has 37 heavy (non-hydrogen) atoms. The van der Waals surface area contributed by atoms with Crippen molar-refractivity contribution in [3.05, 3.63) is 66.7 Å². The number of carbonyl (C=O) groups excluding carboxylic acids is 1. The lowest BCUT2D eigenvalue weighted by Crippen LogP contribution is -2.20. The molecule has 0 saturated heterocycles. The molecule has 0 unspecified atom stereocenters. The van der Waals surface area contributed by atoms with Gasteiger partial charge in [0.2, 0.25) is 0 Å². The van der Waals surface area contributed by atoms with Crippen molar-refractivity contribution < 1.29 is 19.0 Å². The highest BCUT2D eigenvalue weighted by Gasteiger charge is 2.21. The van der Waals surface area contributed by atoms with Crippen LogP contribution < -0.4 is 14.2 Å². The van der Waals surface area contributed by atoms with Crippen molar-refractivity contribution in [2.24, 2.45) is 11.8 Å². The fourth-order valence-corrected chi connectivity index (χ4v) is 4.98. The molecular formula is C33H46O4. The number of hydrogen-bond donors (Lipinski definition) is 0. The van der Waals surface area contributed by atoms with Gasteiger partial charge in [0.25, 0.3) is 0 Å². The van der Waals surface area contributed by atoms with E-state index >= 15 is 0 Å². The lowest BCUT2D eigenvalue weighted by Gasteiger charge is -2.28. The van der Waals surface area contributed by atoms with Crippen LogP contribution >= 0.6 is 0 Å². The van der Waals surface area contributed by atoms with Crippen molar-refractivity contribution in [3.8, 4) is 17.2 Å². The van der Waals surface area contributed by atoms with Crippen molar-refractivity contribution >= 4 is 5.97 Å². The molecule has 0 amide bonds. The Bertz CT molecular complexity index is 895. The van der Waals surface area contributed by atoms with Crippen LogP contribution in [0.1, 0.15) is 101 Å². The van der Waals surface area contributed by atoms with E-state index in [1.807, 2.05) is 30.3 Å². The van der Waals surface area contributed by atoms with E-state index in [-0.39, 0.29) is 5.97 Å². The second-order valence-electron chi connectivity index (χ2n) is 10.4. The molecule has 1 fully saturated rings. The molecular weight excluding hydrogens is 460 g/mol. The highest BCUT2D eigenvalue weighted by molar-refractivity contribution is 5.91. The van der Waals surface area contributed by atoms with Gasteiger partial charge in [-0.2, -0.15) is 0 Å². The number of benzene rings is 2. The minimum Gasteiger partial charge on any atom is -0.494 e. The Kier molecular flexibility index (Phi) is 13.2. The van der Waals surface area contributed by atoms with Crippen LogP contribution in [0.25, 0.3) is 0 Å². The second-order valence-corrected chi connectivity index (χ2v) is 10.4. The van der Waals surface area contributed by atoms with Crippen LogP contribution in [0.3, 0.4) is 0 Å². The normalized spacial score (nSPS) is 17.2. The van der Waals surface area contributed by atoms with Crippen molar-refractivity contribution in [2.75, 3.05) is 13.2 Å². The number of esters is 1. The molecule has 0 N–H and O–H groups in total. The topological polar surface area (TPSA) is 44.8 Å². The number of hydrogen-bond acceptors (Lipinski definition) is 4. The lowest BCUT2D eigenvalue weighted by atomic mass is 9.80. The molecule has 4 heteroatoms. The molecule has 0 aromatic heterocycles. The average Bonchev–Trinajstić information content (AvgIpc) is 2.93. The van der Waals surface area contributed by atoms with Gasteiger partial charge in [-0.1, -0.05) is 64.4 Å². The van der Waals surface area contributed by atoms with E-state index in [1.165, 1.54) is 70.6 Å². The van der Waals surface area contributed by atoms with Gasteiger partial charge in [-0.25, -0.2) is 4.79 Å². The van der Waals surface area contributed by atoms with E-state index in [0.29, 0.717) is 23.8 Å². The smallest absolute Gasteiger partial charge is 0.343 e. The Labute approximate surface area is 224 Å². The third-order valence-corrected chi connectivity index (χ3v) is 7.36. The summed E-state index contributed by atoms with van der Waals surface area (Å²) in [6, 6.07) is 14.5. The van der Waals surface area contributed by atoms with Crippen LogP contribution in [-0.2, 0) is 0 Å². The Morgan fingerprint density at radius 3 is 2.08 bits per heavy atom. The summed E-state index contributed by atoms with van der Waals surface area (Å²) in [6.45, 7) is 7.51. The van der Waals surface area contributed by atoms with Crippen LogP contribution in [0, 0.1) is 11.8 Å². The van der Waals surface area contributed by atoms with Gasteiger partial charge >= 0.3 is 5.97 Å². The first-order valence-corrected chi connectivity index (χ1v) is 14.5. The molecule has 0 spiro atoms. The second kappa shape index (κ2) is 16.9. The maximum absolute atomic E-state index is 12.5. The molecule has 0 heterocycles. The van der Waals surface area contributed by atoms with Gasteiger partial charge in [0, 0.05) is 0 Å². The standard InChI is InChI=1S/C33H46O4/c1-3-5-7-8-9-11-25-35-30-19-17-29(18-20-30)33(34)37-32-23-21-31(22-24-32)36-26-28-15-13-27(14-16-28)12-10-6-4-2/h4,17-24,27-28H,2-3,5-16,25-26H2,1H3. The lowest BCUT2D eigenvalue weighted by molar-refractivity contribution is 0.0734. The molecule has 1 saturated carbocycles.